The summed E-state index contributed by atoms with van der Waals surface area (Å²) < 4.78 is 5.79. The van der Waals surface area contributed by atoms with E-state index in [-0.39, 0.29) is 35.6 Å². The average molecular weight is 595 g/mol. The van der Waals surface area contributed by atoms with Crippen molar-refractivity contribution in [1.82, 2.24) is 14.8 Å². The summed E-state index contributed by atoms with van der Waals surface area (Å²) in [6, 6.07) is 16.4. The van der Waals surface area contributed by atoms with Gasteiger partial charge in [-0.05, 0) is 99.7 Å². The number of amides is 2. The van der Waals surface area contributed by atoms with Gasteiger partial charge in [0.25, 0.3) is 0 Å². The van der Waals surface area contributed by atoms with Crippen molar-refractivity contribution < 1.29 is 14.0 Å². The van der Waals surface area contributed by atoms with E-state index in [1.165, 1.54) is 16.6 Å². The minimum atomic E-state index is -0.995. The quantitative estimate of drug-likeness (QED) is 0.225. The lowest BCUT2D eigenvalue weighted by atomic mass is 9.83. The minimum Gasteiger partial charge on any atom is -0.467 e. The van der Waals surface area contributed by atoms with Crippen LogP contribution in [-0.2, 0) is 16.1 Å². The van der Waals surface area contributed by atoms with Gasteiger partial charge in [-0.2, -0.15) is 0 Å². The number of aryl methyl sites for hydroxylation is 4. The molecule has 2 aromatic heterocycles. The van der Waals surface area contributed by atoms with Crippen LogP contribution in [0.3, 0.4) is 0 Å². The van der Waals surface area contributed by atoms with E-state index >= 15 is 0 Å². The standard InChI is InChI=1S/C37H46N4O3/c1-23-19-24(2)34(25(3)20-23)39-35(43)37(14-16-40(7)17-15-37)41(22-27-11-10-18-44-27)31(42)21-29-33(36(29,5)6)32-26(4)38-30-13-9-8-12-28(30)32/h8-13,18-20,29,33,38H,14-17,21-22H2,1-7H3,(H,39,43)/t29-,33-/m0/s1. The Morgan fingerprint density at radius 3 is 2.36 bits per heavy atom. The molecule has 2 fully saturated rings. The number of furan rings is 1. The second kappa shape index (κ2) is 11.3. The van der Waals surface area contributed by atoms with Crippen LogP contribution in [0.5, 0.6) is 0 Å². The molecule has 2 N–H and O–H groups in total. The van der Waals surface area contributed by atoms with Crippen LogP contribution < -0.4 is 5.32 Å². The molecule has 3 heterocycles. The number of likely N-dealkylation sites (tertiary alicyclic amines) is 1. The van der Waals surface area contributed by atoms with E-state index in [4.69, 9.17) is 4.42 Å². The molecule has 1 aliphatic heterocycles. The molecule has 7 nitrogen and oxygen atoms in total. The number of rotatable bonds is 8. The highest BCUT2D eigenvalue weighted by molar-refractivity contribution is 6.01. The van der Waals surface area contributed by atoms with Crippen molar-refractivity contribution in [3.63, 3.8) is 0 Å². The van der Waals surface area contributed by atoms with Gasteiger partial charge in [0.15, 0.2) is 0 Å². The molecule has 2 aliphatic rings. The van der Waals surface area contributed by atoms with Gasteiger partial charge >= 0.3 is 0 Å². The third-order valence-corrected chi connectivity index (χ3v) is 10.6. The fourth-order valence-electron chi connectivity index (χ4n) is 7.95. The SMILES string of the molecule is Cc1cc(C)c(NC(=O)C2(N(Cc3ccco3)C(=O)C[C@H]3[C@@H](c4c(C)[nH]c5ccccc45)C3(C)C)CCN(C)CC2)c(C)c1. The molecule has 0 bridgehead atoms. The molecule has 44 heavy (non-hydrogen) atoms. The van der Waals surface area contributed by atoms with E-state index in [1.807, 2.05) is 30.9 Å². The molecule has 6 rings (SSSR count). The van der Waals surface area contributed by atoms with Crippen molar-refractivity contribution in [1.29, 1.82) is 0 Å². The van der Waals surface area contributed by atoms with Gasteiger partial charge in [-0.25, -0.2) is 0 Å². The first-order valence-electron chi connectivity index (χ1n) is 15.9. The van der Waals surface area contributed by atoms with Crippen molar-refractivity contribution >= 4 is 28.4 Å². The van der Waals surface area contributed by atoms with Crippen LogP contribution in [0.1, 0.15) is 72.7 Å². The van der Waals surface area contributed by atoms with Crippen LogP contribution in [0.15, 0.2) is 59.2 Å². The number of piperidine rings is 1. The topological polar surface area (TPSA) is 81.6 Å². The maximum absolute atomic E-state index is 14.7. The van der Waals surface area contributed by atoms with E-state index in [9.17, 15) is 9.59 Å². The minimum absolute atomic E-state index is 0.0107. The number of carbonyl (C=O) groups is 2. The van der Waals surface area contributed by atoms with Gasteiger partial charge in [0.1, 0.15) is 11.3 Å². The molecule has 4 aromatic rings. The zero-order valence-electron chi connectivity index (χ0n) is 27.2. The van der Waals surface area contributed by atoms with Gasteiger partial charge in [0.05, 0.1) is 12.8 Å². The van der Waals surface area contributed by atoms with Gasteiger partial charge in [0.2, 0.25) is 11.8 Å². The number of hydrogen-bond acceptors (Lipinski definition) is 4. The zero-order valence-corrected chi connectivity index (χ0v) is 27.2. The summed E-state index contributed by atoms with van der Waals surface area (Å²) in [6.07, 6.45) is 3.14. The predicted molar refractivity (Wildman–Crippen MR) is 176 cm³/mol. The molecule has 7 heteroatoms. The summed E-state index contributed by atoms with van der Waals surface area (Å²) in [4.78, 5) is 36.9. The molecule has 0 spiro atoms. The first-order valence-corrected chi connectivity index (χ1v) is 15.9. The van der Waals surface area contributed by atoms with E-state index in [0.29, 0.717) is 25.0 Å². The van der Waals surface area contributed by atoms with Crippen molar-refractivity contribution in [3.8, 4) is 0 Å². The summed E-state index contributed by atoms with van der Waals surface area (Å²) >= 11 is 0. The Morgan fingerprint density at radius 2 is 1.70 bits per heavy atom. The molecule has 0 radical (unpaired) electrons. The van der Waals surface area contributed by atoms with Crippen molar-refractivity contribution in [3.05, 3.63) is 88.5 Å². The summed E-state index contributed by atoms with van der Waals surface area (Å²) in [5.74, 6) is 1.01. The fraction of sp³-hybridized carbons (Fsp3) is 0.459. The Hall–Kier alpha value is -3.84. The molecular formula is C37H46N4O3. The largest absolute Gasteiger partial charge is 0.467 e. The summed E-state index contributed by atoms with van der Waals surface area (Å²) in [6.45, 7) is 14.5. The highest BCUT2D eigenvalue weighted by Crippen LogP contribution is 2.67. The number of aromatic nitrogens is 1. The van der Waals surface area contributed by atoms with Crippen LogP contribution in [0.4, 0.5) is 5.69 Å². The van der Waals surface area contributed by atoms with Crippen LogP contribution in [0.2, 0.25) is 0 Å². The van der Waals surface area contributed by atoms with Crippen LogP contribution in [0, 0.1) is 39.0 Å². The number of benzene rings is 2. The number of nitrogens with zero attached hydrogens (tertiary/aromatic N) is 2. The van der Waals surface area contributed by atoms with Gasteiger partial charge in [-0.1, -0.05) is 49.7 Å². The lowest BCUT2D eigenvalue weighted by molar-refractivity contribution is -0.150. The monoisotopic (exact) mass is 594 g/mol. The first kappa shape index (κ1) is 30.2. The highest BCUT2D eigenvalue weighted by atomic mass is 16.3. The normalized spacial score (nSPS) is 20.9. The van der Waals surface area contributed by atoms with E-state index < -0.39 is 5.54 Å². The highest BCUT2D eigenvalue weighted by Gasteiger charge is 2.61. The second-order valence-corrected chi connectivity index (χ2v) is 13.9. The Labute approximate surface area is 261 Å². The molecule has 1 saturated heterocycles. The molecule has 0 unspecified atom stereocenters. The van der Waals surface area contributed by atoms with Crippen LogP contribution in [-0.4, -0.2) is 52.3 Å². The summed E-state index contributed by atoms with van der Waals surface area (Å²) in [7, 11) is 2.08. The number of nitrogens with one attached hydrogen (secondary N) is 2. The number of para-hydroxylation sites is 1. The number of aromatic amines is 1. The van der Waals surface area contributed by atoms with E-state index in [2.05, 4.69) is 86.3 Å². The number of fused-ring (bicyclic) bond motifs is 1. The van der Waals surface area contributed by atoms with E-state index in [0.717, 1.165) is 41.0 Å². The van der Waals surface area contributed by atoms with E-state index in [1.54, 1.807) is 6.26 Å². The molecule has 2 amide bonds. The van der Waals surface area contributed by atoms with Crippen molar-refractivity contribution in [2.75, 3.05) is 25.5 Å². The first-order chi connectivity index (χ1) is 20.9. The van der Waals surface area contributed by atoms with Gasteiger partial charge in [-0.3, -0.25) is 9.59 Å². The molecular weight excluding hydrogens is 548 g/mol. The lowest BCUT2D eigenvalue weighted by Gasteiger charge is -2.47. The Kier molecular flexibility index (Phi) is 7.73. The Morgan fingerprint density at radius 1 is 1.02 bits per heavy atom. The third kappa shape index (κ3) is 5.25. The van der Waals surface area contributed by atoms with Crippen LogP contribution >= 0.6 is 0 Å². The summed E-state index contributed by atoms with van der Waals surface area (Å²) in [5, 5.41) is 4.54. The predicted octanol–water partition coefficient (Wildman–Crippen LogP) is 7.26. The smallest absolute Gasteiger partial charge is 0.250 e. The number of H-pyrrole nitrogens is 1. The van der Waals surface area contributed by atoms with Gasteiger partial charge in [0, 0.05) is 41.8 Å². The number of carbonyl (C=O) groups excluding carboxylic acids is 2. The Balaban J connectivity index is 1.35. The second-order valence-electron chi connectivity index (χ2n) is 13.9. The molecule has 232 valence electrons. The fourth-order valence-corrected chi connectivity index (χ4v) is 7.95. The van der Waals surface area contributed by atoms with Crippen molar-refractivity contribution in [2.45, 2.75) is 78.8 Å². The lowest BCUT2D eigenvalue weighted by Crippen LogP contribution is -2.63. The average Bonchev–Trinajstić information content (AvgIpc) is 3.34. The molecule has 2 aromatic carbocycles. The number of anilines is 1. The maximum Gasteiger partial charge on any atom is 0.250 e. The van der Waals surface area contributed by atoms with Gasteiger partial charge < -0.3 is 24.5 Å². The van der Waals surface area contributed by atoms with Crippen LogP contribution in [0.25, 0.3) is 10.9 Å². The molecule has 2 atom stereocenters. The van der Waals surface area contributed by atoms with Gasteiger partial charge in [-0.15, -0.1) is 0 Å². The Bertz CT molecular complexity index is 1670. The molecule has 1 aliphatic carbocycles. The molecule has 1 saturated carbocycles. The summed E-state index contributed by atoms with van der Waals surface area (Å²) in [5.41, 5.74) is 6.64. The van der Waals surface area contributed by atoms with Crippen molar-refractivity contribution in [2.24, 2.45) is 11.3 Å². The zero-order chi connectivity index (χ0) is 31.4. The number of hydrogen-bond donors (Lipinski definition) is 2. The third-order valence-electron chi connectivity index (χ3n) is 10.6. The maximum atomic E-state index is 14.7.